The third-order valence-electron chi connectivity index (χ3n) is 2.68. The van der Waals surface area contributed by atoms with Crippen LogP contribution in [-0.2, 0) is 14.2 Å². The third kappa shape index (κ3) is 1.90. The summed E-state index contributed by atoms with van der Waals surface area (Å²) in [6.07, 6.45) is 8.10. The van der Waals surface area contributed by atoms with E-state index < -0.39 is 0 Å². The van der Waals surface area contributed by atoms with Gasteiger partial charge in [-0.05, 0) is 18.9 Å². The van der Waals surface area contributed by atoms with E-state index in [0.29, 0.717) is 6.10 Å². The van der Waals surface area contributed by atoms with E-state index in [9.17, 15) is 0 Å². The topological polar surface area (TPSA) is 27.7 Å². The molecule has 78 valence electrons. The molecule has 0 radical (unpaired) electrons. The van der Waals surface area contributed by atoms with Crippen LogP contribution in [0.4, 0.5) is 0 Å². The molecule has 2 bridgehead atoms. The molecule has 1 fully saturated rings. The Morgan fingerprint density at radius 3 is 3.07 bits per heavy atom. The van der Waals surface area contributed by atoms with Gasteiger partial charge in [-0.15, -0.1) is 0 Å². The molecule has 14 heavy (non-hydrogen) atoms. The Kier molecular flexibility index (Phi) is 3.01. The van der Waals surface area contributed by atoms with E-state index in [1.54, 1.807) is 13.2 Å². The Bertz CT molecular complexity index is 237. The van der Waals surface area contributed by atoms with Crippen LogP contribution >= 0.6 is 0 Å². The minimum absolute atomic E-state index is 0.103. The lowest BCUT2D eigenvalue weighted by Gasteiger charge is -2.31. The number of fused-ring (bicyclic) bond motifs is 2. The van der Waals surface area contributed by atoms with Gasteiger partial charge in [-0.25, -0.2) is 0 Å². The van der Waals surface area contributed by atoms with Gasteiger partial charge in [-0.1, -0.05) is 18.7 Å². The summed E-state index contributed by atoms with van der Waals surface area (Å²) >= 11 is 0. The Morgan fingerprint density at radius 1 is 1.50 bits per heavy atom. The van der Waals surface area contributed by atoms with E-state index in [-0.39, 0.29) is 18.5 Å². The van der Waals surface area contributed by atoms with E-state index in [2.05, 4.69) is 18.7 Å². The molecule has 4 atom stereocenters. The summed E-state index contributed by atoms with van der Waals surface area (Å²) in [5.41, 5.74) is 0. The highest BCUT2D eigenvalue weighted by Crippen LogP contribution is 2.29. The van der Waals surface area contributed by atoms with Gasteiger partial charge in [-0.2, -0.15) is 0 Å². The van der Waals surface area contributed by atoms with Gasteiger partial charge in [0.05, 0.1) is 12.2 Å². The van der Waals surface area contributed by atoms with Crippen molar-refractivity contribution in [3.05, 3.63) is 24.8 Å². The second kappa shape index (κ2) is 4.26. The zero-order valence-corrected chi connectivity index (χ0v) is 8.39. The quantitative estimate of drug-likeness (QED) is 0.505. The Morgan fingerprint density at radius 2 is 2.36 bits per heavy atom. The molecular weight excluding hydrogens is 180 g/mol. The van der Waals surface area contributed by atoms with E-state index in [0.717, 1.165) is 12.8 Å². The fourth-order valence-electron chi connectivity index (χ4n) is 1.92. The molecule has 2 rings (SSSR count). The first kappa shape index (κ1) is 9.90. The van der Waals surface area contributed by atoms with E-state index in [1.807, 2.05) is 0 Å². The molecule has 3 heteroatoms. The van der Waals surface area contributed by atoms with Crippen molar-refractivity contribution < 1.29 is 14.2 Å². The zero-order chi connectivity index (χ0) is 9.97. The second-order valence-corrected chi connectivity index (χ2v) is 3.62. The molecule has 1 saturated heterocycles. The van der Waals surface area contributed by atoms with Crippen molar-refractivity contribution in [2.75, 3.05) is 7.11 Å². The molecular formula is C11H16O3. The zero-order valence-electron chi connectivity index (χ0n) is 8.39. The van der Waals surface area contributed by atoms with Crippen molar-refractivity contribution in [2.24, 2.45) is 0 Å². The first-order valence-corrected chi connectivity index (χ1v) is 4.98. The average Bonchev–Trinajstić information content (AvgIpc) is 2.61. The van der Waals surface area contributed by atoms with Gasteiger partial charge in [0.2, 0.25) is 0 Å². The summed E-state index contributed by atoms with van der Waals surface area (Å²) in [5, 5.41) is 0. The van der Waals surface area contributed by atoms with E-state index in [4.69, 9.17) is 14.2 Å². The van der Waals surface area contributed by atoms with Crippen molar-refractivity contribution in [3.8, 4) is 0 Å². The van der Waals surface area contributed by atoms with Gasteiger partial charge in [0.25, 0.3) is 0 Å². The highest BCUT2D eigenvalue weighted by atomic mass is 16.7. The molecule has 0 amide bonds. The summed E-state index contributed by atoms with van der Waals surface area (Å²) in [7, 11) is 1.61. The maximum absolute atomic E-state index is 5.70. The largest absolute Gasteiger partial charge is 0.364 e. The maximum Gasteiger partial charge on any atom is 0.176 e. The lowest BCUT2D eigenvalue weighted by atomic mass is 10.1. The lowest BCUT2D eigenvalue weighted by molar-refractivity contribution is -0.175. The molecule has 2 heterocycles. The predicted octanol–water partition coefficient (Wildman–Crippen LogP) is 1.65. The molecule has 0 aliphatic carbocycles. The molecule has 0 aromatic heterocycles. The molecule has 3 nitrogen and oxygen atoms in total. The van der Waals surface area contributed by atoms with Crippen molar-refractivity contribution in [2.45, 2.75) is 37.4 Å². The summed E-state index contributed by atoms with van der Waals surface area (Å²) in [4.78, 5) is 0. The number of methoxy groups -OCH3 is 1. The Labute approximate surface area is 84.3 Å². The van der Waals surface area contributed by atoms with Crippen LogP contribution in [0.25, 0.3) is 0 Å². The second-order valence-electron chi connectivity index (χ2n) is 3.62. The predicted molar refractivity (Wildman–Crippen MR) is 52.9 cm³/mol. The van der Waals surface area contributed by atoms with Crippen molar-refractivity contribution >= 4 is 0 Å². The van der Waals surface area contributed by atoms with Gasteiger partial charge < -0.3 is 14.2 Å². The fourth-order valence-corrected chi connectivity index (χ4v) is 1.92. The third-order valence-corrected chi connectivity index (χ3v) is 2.68. The standard InChI is InChI=1S/C11H16O3/c1-3-11(12-2)14-10-7-5-8-4-6-9(10)13-8/h3-4,6,8-11H,1,5,7H2,2H3/t8-,9+,10-,11?/m0/s1. The van der Waals surface area contributed by atoms with Crippen LogP contribution in [0.1, 0.15) is 12.8 Å². The normalized spacial score (nSPS) is 37.1. The average molecular weight is 196 g/mol. The van der Waals surface area contributed by atoms with Gasteiger partial charge in [0, 0.05) is 7.11 Å². The van der Waals surface area contributed by atoms with Crippen LogP contribution in [0.3, 0.4) is 0 Å². The van der Waals surface area contributed by atoms with Crippen molar-refractivity contribution in [1.29, 1.82) is 0 Å². The highest BCUT2D eigenvalue weighted by Gasteiger charge is 2.34. The minimum Gasteiger partial charge on any atom is -0.364 e. The van der Waals surface area contributed by atoms with Crippen molar-refractivity contribution in [1.82, 2.24) is 0 Å². The fraction of sp³-hybridized carbons (Fsp3) is 0.636. The molecule has 2 aliphatic rings. The molecule has 0 aromatic rings. The van der Waals surface area contributed by atoms with Crippen LogP contribution in [0.5, 0.6) is 0 Å². The van der Waals surface area contributed by atoms with Gasteiger partial charge >= 0.3 is 0 Å². The number of hydrogen-bond donors (Lipinski definition) is 0. The molecule has 1 unspecified atom stereocenters. The summed E-state index contributed by atoms with van der Waals surface area (Å²) in [6, 6.07) is 0. The summed E-state index contributed by atoms with van der Waals surface area (Å²) < 4.78 is 16.5. The first-order chi connectivity index (χ1) is 6.83. The Hall–Kier alpha value is -0.640. The molecule has 0 spiro atoms. The smallest absolute Gasteiger partial charge is 0.176 e. The highest BCUT2D eigenvalue weighted by molar-refractivity contribution is 5.08. The van der Waals surface area contributed by atoms with Crippen LogP contribution in [0.15, 0.2) is 24.8 Å². The van der Waals surface area contributed by atoms with Crippen LogP contribution in [0.2, 0.25) is 0 Å². The van der Waals surface area contributed by atoms with E-state index >= 15 is 0 Å². The van der Waals surface area contributed by atoms with E-state index in [1.165, 1.54) is 0 Å². The van der Waals surface area contributed by atoms with Crippen molar-refractivity contribution in [3.63, 3.8) is 0 Å². The summed E-state index contributed by atoms with van der Waals surface area (Å²) in [5.74, 6) is 0. The summed E-state index contributed by atoms with van der Waals surface area (Å²) in [6.45, 7) is 3.65. The Balaban J connectivity index is 1.91. The van der Waals surface area contributed by atoms with Gasteiger partial charge in [0.15, 0.2) is 6.29 Å². The maximum atomic E-state index is 5.70. The molecule has 0 N–H and O–H groups in total. The lowest BCUT2D eigenvalue weighted by Crippen LogP contribution is -2.37. The number of rotatable bonds is 4. The molecule has 0 aromatic carbocycles. The number of ether oxygens (including phenoxy) is 3. The minimum atomic E-state index is -0.325. The van der Waals surface area contributed by atoms with Crippen LogP contribution < -0.4 is 0 Å². The molecule has 2 aliphatic heterocycles. The number of hydrogen-bond acceptors (Lipinski definition) is 3. The van der Waals surface area contributed by atoms with Gasteiger partial charge in [0.1, 0.15) is 6.10 Å². The monoisotopic (exact) mass is 196 g/mol. The first-order valence-electron chi connectivity index (χ1n) is 4.98. The van der Waals surface area contributed by atoms with Crippen LogP contribution in [-0.4, -0.2) is 31.7 Å². The van der Waals surface area contributed by atoms with Crippen LogP contribution in [0, 0.1) is 0 Å². The SMILES string of the molecule is C=CC(OC)O[C@H]1CC[C@@H]2C=C[C@H]1O2. The molecule has 0 saturated carbocycles. The van der Waals surface area contributed by atoms with Gasteiger partial charge in [-0.3, -0.25) is 0 Å².